The first-order valence-corrected chi connectivity index (χ1v) is 15.1. The molecule has 2 aromatic carbocycles. The van der Waals surface area contributed by atoms with E-state index in [0.29, 0.717) is 29.6 Å². The quantitative estimate of drug-likeness (QED) is 0.281. The van der Waals surface area contributed by atoms with Gasteiger partial charge in [0.05, 0.1) is 22.8 Å². The predicted molar refractivity (Wildman–Crippen MR) is 160 cm³/mol. The molecule has 1 saturated carbocycles. The Labute approximate surface area is 240 Å². The van der Waals surface area contributed by atoms with E-state index in [1.165, 1.54) is 12.8 Å². The molecule has 4 aromatic rings. The molecule has 0 spiro atoms. The lowest BCUT2D eigenvalue weighted by Crippen LogP contribution is -2.35. The van der Waals surface area contributed by atoms with Crippen molar-refractivity contribution in [2.24, 2.45) is 5.92 Å². The van der Waals surface area contributed by atoms with E-state index in [4.69, 9.17) is 31.0 Å². The molecule has 2 aliphatic heterocycles. The monoisotopic (exact) mass is 560 g/mol. The van der Waals surface area contributed by atoms with Crippen molar-refractivity contribution in [2.45, 2.75) is 64.5 Å². The zero-order valence-electron chi connectivity index (χ0n) is 23.5. The van der Waals surface area contributed by atoms with E-state index in [-0.39, 0.29) is 6.10 Å². The molecule has 2 atom stereocenters. The number of H-pyrrole nitrogens is 1. The van der Waals surface area contributed by atoms with Crippen molar-refractivity contribution in [1.82, 2.24) is 25.1 Å². The lowest BCUT2D eigenvalue weighted by Gasteiger charge is -2.33. The van der Waals surface area contributed by atoms with Gasteiger partial charge in [0.15, 0.2) is 5.75 Å². The van der Waals surface area contributed by atoms with Crippen molar-refractivity contribution in [3.05, 3.63) is 35.0 Å². The Kier molecular flexibility index (Phi) is 6.71. The van der Waals surface area contributed by atoms with Crippen LogP contribution in [0.5, 0.6) is 11.8 Å². The first kappa shape index (κ1) is 25.8. The average Bonchev–Trinajstić information content (AvgIpc) is 3.46. The first-order valence-electron chi connectivity index (χ1n) is 14.7. The number of aryl methyl sites for hydroxylation is 1. The van der Waals surface area contributed by atoms with Gasteiger partial charge in [0.2, 0.25) is 0 Å². The number of benzene rings is 2. The molecule has 9 heteroatoms. The number of nitrogens with one attached hydrogen (secondary N) is 1. The van der Waals surface area contributed by atoms with Gasteiger partial charge in [0.1, 0.15) is 17.9 Å². The Morgan fingerprint density at radius 1 is 1.05 bits per heavy atom. The fourth-order valence-corrected chi connectivity index (χ4v) is 6.67. The first-order chi connectivity index (χ1) is 19.5. The Bertz CT molecular complexity index is 1570. The van der Waals surface area contributed by atoms with Crippen molar-refractivity contribution in [3.63, 3.8) is 0 Å². The number of ether oxygens (including phenoxy) is 2. The zero-order chi connectivity index (χ0) is 27.4. The van der Waals surface area contributed by atoms with Gasteiger partial charge in [-0.05, 0) is 82.7 Å². The van der Waals surface area contributed by atoms with Crippen LogP contribution in [0.3, 0.4) is 0 Å². The fourth-order valence-electron chi connectivity index (χ4n) is 6.38. The molecule has 8 nitrogen and oxygen atoms in total. The lowest BCUT2D eigenvalue weighted by atomic mass is 9.94. The number of hydrogen-bond donors (Lipinski definition) is 1. The number of aromatic nitrogens is 4. The standard InChI is InChI=1S/C31H37ClN6O2/c1-18-6-4-13-38(16-18)30-22-14-24(32)27(26-19(2)8-11-25-23(26)15-33-36-25)29(40-21-9-10-21)28(22)34-31(35-30)39-17-20-7-5-12-37(20)3/h8,11,14-15,18,20-21H,4-7,9-10,12-13,16-17H2,1-3H3,(H,33,36)/t18-,20+/m1/s1. The lowest BCUT2D eigenvalue weighted by molar-refractivity contribution is 0.188. The van der Waals surface area contributed by atoms with E-state index < -0.39 is 0 Å². The third-order valence-electron chi connectivity index (χ3n) is 8.78. The van der Waals surface area contributed by atoms with Crippen molar-refractivity contribution in [3.8, 4) is 22.9 Å². The maximum atomic E-state index is 7.21. The second-order valence-corrected chi connectivity index (χ2v) is 12.4. The summed E-state index contributed by atoms with van der Waals surface area (Å²) in [5.74, 6) is 2.20. The number of aromatic amines is 1. The number of nitrogens with zero attached hydrogens (tertiary/aromatic N) is 5. The van der Waals surface area contributed by atoms with Gasteiger partial charge in [-0.1, -0.05) is 24.6 Å². The Balaban J connectivity index is 1.44. The van der Waals surface area contributed by atoms with Crippen LogP contribution in [0.15, 0.2) is 24.4 Å². The summed E-state index contributed by atoms with van der Waals surface area (Å²) in [5, 5.41) is 10.00. The molecule has 2 aromatic heterocycles. The molecule has 0 unspecified atom stereocenters. The van der Waals surface area contributed by atoms with Crippen LogP contribution in [0.4, 0.5) is 5.82 Å². The predicted octanol–water partition coefficient (Wildman–Crippen LogP) is 6.39. The molecule has 0 radical (unpaired) electrons. The van der Waals surface area contributed by atoms with Gasteiger partial charge in [-0.25, -0.2) is 0 Å². The molecule has 2 saturated heterocycles. The maximum Gasteiger partial charge on any atom is 0.319 e. The largest absolute Gasteiger partial charge is 0.487 e. The second kappa shape index (κ2) is 10.4. The topological polar surface area (TPSA) is 79.4 Å². The van der Waals surface area contributed by atoms with Gasteiger partial charge in [-0.2, -0.15) is 15.1 Å². The van der Waals surface area contributed by atoms with Crippen molar-refractivity contribution in [1.29, 1.82) is 0 Å². The van der Waals surface area contributed by atoms with Crippen molar-refractivity contribution < 1.29 is 9.47 Å². The van der Waals surface area contributed by atoms with Gasteiger partial charge in [-0.15, -0.1) is 0 Å². The molecular formula is C31H37ClN6O2. The third kappa shape index (κ3) is 4.75. The van der Waals surface area contributed by atoms with E-state index in [9.17, 15) is 0 Å². The molecule has 0 amide bonds. The third-order valence-corrected chi connectivity index (χ3v) is 9.08. The number of hydrogen-bond acceptors (Lipinski definition) is 7. The van der Waals surface area contributed by atoms with E-state index in [1.807, 2.05) is 12.3 Å². The molecule has 40 heavy (non-hydrogen) atoms. The summed E-state index contributed by atoms with van der Waals surface area (Å²) in [5.41, 5.74) is 4.73. The summed E-state index contributed by atoms with van der Waals surface area (Å²) in [6.07, 6.45) is 8.77. The number of likely N-dealkylation sites (tertiary alicyclic amines) is 1. The number of fused-ring (bicyclic) bond motifs is 2. The highest BCUT2D eigenvalue weighted by atomic mass is 35.5. The Hall–Kier alpha value is -3.10. The average molecular weight is 561 g/mol. The summed E-state index contributed by atoms with van der Waals surface area (Å²) < 4.78 is 13.1. The molecule has 4 heterocycles. The molecule has 210 valence electrons. The minimum Gasteiger partial charge on any atom is -0.487 e. The highest BCUT2D eigenvalue weighted by Crippen LogP contribution is 2.49. The number of likely N-dealkylation sites (N-methyl/N-ethyl adjacent to an activating group) is 1. The SMILES string of the molecule is Cc1ccc2[nH]ncc2c1-c1c(Cl)cc2c(N3CCC[C@@H](C)C3)nc(OC[C@@H]3CCCN3C)nc2c1OC1CC1. The molecule has 1 aliphatic carbocycles. The number of piperidine rings is 1. The summed E-state index contributed by atoms with van der Waals surface area (Å²) >= 11 is 7.21. The second-order valence-electron chi connectivity index (χ2n) is 12.0. The van der Waals surface area contributed by atoms with E-state index in [0.717, 1.165) is 95.4 Å². The summed E-state index contributed by atoms with van der Waals surface area (Å²) in [7, 11) is 2.16. The number of anilines is 1. The Morgan fingerprint density at radius 3 is 2.67 bits per heavy atom. The summed E-state index contributed by atoms with van der Waals surface area (Å²) in [6.45, 7) is 7.99. The van der Waals surface area contributed by atoms with Crippen LogP contribution in [0.2, 0.25) is 5.02 Å². The number of rotatable bonds is 7. The van der Waals surface area contributed by atoms with E-state index >= 15 is 0 Å². The van der Waals surface area contributed by atoms with Crippen LogP contribution in [0, 0.1) is 12.8 Å². The van der Waals surface area contributed by atoms with Gasteiger partial charge < -0.3 is 19.3 Å². The van der Waals surface area contributed by atoms with Crippen LogP contribution in [-0.2, 0) is 0 Å². The fraction of sp³-hybridized carbons (Fsp3) is 0.516. The summed E-state index contributed by atoms with van der Waals surface area (Å²) in [4.78, 5) is 14.8. The summed E-state index contributed by atoms with van der Waals surface area (Å²) in [6, 6.07) is 6.98. The van der Waals surface area contributed by atoms with Gasteiger partial charge >= 0.3 is 6.01 Å². The van der Waals surface area contributed by atoms with Crippen LogP contribution in [0.25, 0.3) is 32.9 Å². The van der Waals surface area contributed by atoms with Crippen molar-refractivity contribution >= 4 is 39.2 Å². The highest BCUT2D eigenvalue weighted by Gasteiger charge is 2.31. The smallest absolute Gasteiger partial charge is 0.319 e. The maximum absolute atomic E-state index is 7.21. The molecule has 7 rings (SSSR count). The van der Waals surface area contributed by atoms with E-state index in [1.54, 1.807) is 0 Å². The molecule has 1 N–H and O–H groups in total. The molecule has 3 fully saturated rings. The van der Waals surface area contributed by atoms with Gasteiger partial charge in [-0.3, -0.25) is 5.10 Å². The van der Waals surface area contributed by atoms with Crippen LogP contribution in [0.1, 0.15) is 51.0 Å². The molecular weight excluding hydrogens is 524 g/mol. The van der Waals surface area contributed by atoms with E-state index in [2.05, 4.69) is 53.0 Å². The molecule has 3 aliphatic rings. The zero-order valence-corrected chi connectivity index (χ0v) is 24.3. The van der Waals surface area contributed by atoms with Crippen molar-refractivity contribution in [2.75, 3.05) is 38.2 Å². The van der Waals surface area contributed by atoms with Gasteiger partial charge in [0, 0.05) is 41.0 Å². The van der Waals surface area contributed by atoms with Crippen LogP contribution in [-0.4, -0.2) is 70.5 Å². The van der Waals surface area contributed by atoms with Crippen LogP contribution >= 0.6 is 11.6 Å². The molecule has 0 bridgehead atoms. The normalized spacial score (nSPS) is 21.9. The minimum atomic E-state index is 0.161. The number of halogens is 1. The van der Waals surface area contributed by atoms with Crippen LogP contribution < -0.4 is 14.4 Å². The Morgan fingerprint density at radius 2 is 1.90 bits per heavy atom. The highest BCUT2D eigenvalue weighted by molar-refractivity contribution is 6.35. The van der Waals surface area contributed by atoms with Gasteiger partial charge in [0.25, 0.3) is 0 Å². The minimum absolute atomic E-state index is 0.161.